The minimum atomic E-state index is 0.944. The molecule has 0 spiro atoms. The highest BCUT2D eigenvalue weighted by Gasteiger charge is 2.21. The van der Waals surface area contributed by atoms with Crippen molar-refractivity contribution in [3.8, 4) is 39.3 Å². The van der Waals surface area contributed by atoms with Crippen LogP contribution in [-0.4, -0.2) is 9.55 Å². The monoisotopic (exact) mass is 572 g/mol. The molecule has 8 aromatic carbocycles. The van der Waals surface area contributed by atoms with Crippen LogP contribution in [0.15, 0.2) is 170 Å². The van der Waals surface area contributed by atoms with Crippen LogP contribution >= 0.6 is 0 Å². The number of hydrogen-bond acceptors (Lipinski definition) is 1. The zero-order chi connectivity index (χ0) is 29.7. The van der Waals surface area contributed by atoms with Crippen molar-refractivity contribution >= 4 is 43.4 Å². The average molecular weight is 573 g/mol. The molecule has 0 unspecified atom stereocenters. The fourth-order valence-electron chi connectivity index (χ4n) is 7.09. The van der Waals surface area contributed by atoms with E-state index >= 15 is 0 Å². The third-order valence-corrected chi connectivity index (χ3v) is 9.00. The Kier molecular flexibility index (Phi) is 5.85. The van der Waals surface area contributed by atoms with Gasteiger partial charge in [0.15, 0.2) is 0 Å². The summed E-state index contributed by atoms with van der Waals surface area (Å²) < 4.78 is 2.29. The lowest BCUT2D eigenvalue weighted by molar-refractivity contribution is 1.11. The average Bonchev–Trinajstić information content (AvgIpc) is 3.50. The van der Waals surface area contributed by atoms with E-state index in [9.17, 15) is 0 Å². The molecule has 9 aromatic rings. The van der Waals surface area contributed by atoms with Crippen molar-refractivity contribution in [3.63, 3.8) is 0 Å². The topological polar surface area (TPSA) is 17.8 Å². The van der Waals surface area contributed by atoms with Crippen LogP contribution in [0.2, 0.25) is 0 Å². The van der Waals surface area contributed by atoms with Gasteiger partial charge < -0.3 is 0 Å². The van der Waals surface area contributed by atoms with Crippen molar-refractivity contribution in [1.82, 2.24) is 9.55 Å². The van der Waals surface area contributed by atoms with Gasteiger partial charge in [-0.2, -0.15) is 0 Å². The summed E-state index contributed by atoms with van der Waals surface area (Å²) in [6.45, 7) is 0. The maximum Gasteiger partial charge on any atom is 0.146 e. The second-order valence-electron chi connectivity index (χ2n) is 11.5. The maximum absolute atomic E-state index is 5.22. The minimum absolute atomic E-state index is 0.944. The molecular weight excluding hydrogens is 544 g/mol. The Morgan fingerprint density at radius 3 is 1.47 bits per heavy atom. The van der Waals surface area contributed by atoms with Gasteiger partial charge in [-0.3, -0.25) is 4.57 Å². The van der Waals surface area contributed by atoms with E-state index in [1.807, 2.05) is 0 Å². The van der Waals surface area contributed by atoms with E-state index in [1.54, 1.807) is 0 Å². The largest absolute Gasteiger partial charge is 0.292 e. The van der Waals surface area contributed by atoms with Gasteiger partial charge in [0.2, 0.25) is 0 Å². The van der Waals surface area contributed by atoms with Crippen LogP contribution in [0.3, 0.4) is 0 Å². The van der Waals surface area contributed by atoms with Gasteiger partial charge in [0.1, 0.15) is 5.82 Å². The van der Waals surface area contributed by atoms with Crippen molar-refractivity contribution in [1.29, 1.82) is 0 Å². The van der Waals surface area contributed by atoms with Gasteiger partial charge in [0.25, 0.3) is 0 Å². The molecular formula is C43H28N2. The van der Waals surface area contributed by atoms with Gasteiger partial charge >= 0.3 is 0 Å². The molecule has 2 heteroatoms. The predicted octanol–water partition coefficient (Wildman–Crippen LogP) is 11.5. The predicted molar refractivity (Wildman–Crippen MR) is 190 cm³/mol. The van der Waals surface area contributed by atoms with Gasteiger partial charge in [-0.25, -0.2) is 4.98 Å². The molecule has 0 fully saturated rings. The van der Waals surface area contributed by atoms with Crippen molar-refractivity contribution in [2.45, 2.75) is 0 Å². The van der Waals surface area contributed by atoms with Crippen LogP contribution in [-0.2, 0) is 0 Å². The van der Waals surface area contributed by atoms with Crippen molar-refractivity contribution < 1.29 is 0 Å². The maximum atomic E-state index is 5.22. The lowest BCUT2D eigenvalue weighted by atomic mass is 9.84. The number of imidazole rings is 1. The first kappa shape index (κ1) is 25.5. The van der Waals surface area contributed by atoms with Crippen LogP contribution in [0.4, 0.5) is 0 Å². The zero-order valence-electron chi connectivity index (χ0n) is 24.6. The molecule has 0 aliphatic rings. The third kappa shape index (κ3) is 4.00. The van der Waals surface area contributed by atoms with E-state index < -0.39 is 0 Å². The molecule has 9 rings (SSSR count). The van der Waals surface area contributed by atoms with E-state index in [0.29, 0.717) is 0 Å². The first-order valence-corrected chi connectivity index (χ1v) is 15.4. The van der Waals surface area contributed by atoms with Crippen molar-refractivity contribution in [2.75, 3.05) is 0 Å². The molecule has 0 saturated heterocycles. The van der Waals surface area contributed by atoms with Crippen LogP contribution in [0.1, 0.15) is 0 Å². The molecule has 2 nitrogen and oxygen atoms in total. The summed E-state index contributed by atoms with van der Waals surface area (Å²) in [5.41, 5.74) is 9.30. The highest BCUT2D eigenvalue weighted by atomic mass is 15.1. The molecule has 0 saturated carbocycles. The molecule has 0 N–H and O–H groups in total. The molecule has 0 aliphatic carbocycles. The molecule has 45 heavy (non-hydrogen) atoms. The summed E-state index contributed by atoms with van der Waals surface area (Å²) in [6.07, 6.45) is 0. The normalized spacial score (nSPS) is 11.6. The third-order valence-electron chi connectivity index (χ3n) is 9.00. The summed E-state index contributed by atoms with van der Waals surface area (Å²) in [5, 5.41) is 7.43. The first-order valence-electron chi connectivity index (χ1n) is 15.4. The Hall–Kier alpha value is -5.99. The number of benzene rings is 8. The lowest BCUT2D eigenvalue weighted by Crippen LogP contribution is -1.98. The fourth-order valence-corrected chi connectivity index (χ4v) is 7.09. The van der Waals surface area contributed by atoms with Gasteiger partial charge in [-0.1, -0.05) is 140 Å². The van der Waals surface area contributed by atoms with Gasteiger partial charge in [0.05, 0.1) is 11.0 Å². The minimum Gasteiger partial charge on any atom is -0.292 e. The van der Waals surface area contributed by atoms with E-state index in [1.165, 1.54) is 54.6 Å². The fraction of sp³-hybridized carbons (Fsp3) is 0. The Morgan fingerprint density at radius 1 is 0.356 bits per heavy atom. The highest BCUT2D eigenvalue weighted by molar-refractivity contribution is 6.24. The van der Waals surface area contributed by atoms with Crippen molar-refractivity contribution in [3.05, 3.63) is 170 Å². The Morgan fingerprint density at radius 2 is 0.822 bits per heavy atom. The lowest BCUT2D eigenvalue weighted by Gasteiger charge is -2.19. The molecule has 0 bridgehead atoms. The smallest absolute Gasteiger partial charge is 0.146 e. The van der Waals surface area contributed by atoms with Crippen LogP contribution in [0.5, 0.6) is 0 Å². The summed E-state index contributed by atoms with van der Waals surface area (Å²) in [6, 6.07) is 60.8. The van der Waals surface area contributed by atoms with E-state index in [0.717, 1.165) is 28.1 Å². The quantitative estimate of drug-likeness (QED) is 0.192. The van der Waals surface area contributed by atoms with Gasteiger partial charge in [0, 0.05) is 11.3 Å². The zero-order valence-corrected chi connectivity index (χ0v) is 24.6. The number of aromatic nitrogens is 2. The summed E-state index contributed by atoms with van der Waals surface area (Å²) in [7, 11) is 0. The first-order chi connectivity index (χ1) is 22.4. The number of hydrogen-bond donors (Lipinski definition) is 0. The molecule has 1 aromatic heterocycles. The standard InChI is InChI=1S/C43H28N2/c1-3-15-29(16-4-1)41-33-21-9-11-23-35(33)42(36-24-12-10-22-34(36)41)37-27-28-38(32-20-8-7-19-31(32)37)43-44-39-25-13-14-26-40(39)45(43)30-17-5-2-6-18-30/h1-28H. The summed E-state index contributed by atoms with van der Waals surface area (Å²) in [5.74, 6) is 0.944. The molecule has 0 radical (unpaired) electrons. The van der Waals surface area contributed by atoms with Crippen molar-refractivity contribution in [2.24, 2.45) is 0 Å². The summed E-state index contributed by atoms with van der Waals surface area (Å²) in [4.78, 5) is 5.22. The second kappa shape index (κ2) is 10.3. The summed E-state index contributed by atoms with van der Waals surface area (Å²) >= 11 is 0. The van der Waals surface area contributed by atoms with E-state index in [2.05, 4.69) is 174 Å². The van der Waals surface area contributed by atoms with E-state index in [-0.39, 0.29) is 0 Å². The van der Waals surface area contributed by atoms with Crippen LogP contribution in [0.25, 0.3) is 82.7 Å². The number of para-hydroxylation sites is 3. The Bertz CT molecular complexity index is 2470. The van der Waals surface area contributed by atoms with Gasteiger partial charge in [-0.15, -0.1) is 0 Å². The number of rotatable bonds is 4. The highest BCUT2D eigenvalue weighted by Crippen LogP contribution is 2.46. The molecule has 1 heterocycles. The van der Waals surface area contributed by atoms with Crippen LogP contribution in [0, 0.1) is 0 Å². The Balaban J connectivity index is 1.37. The number of fused-ring (bicyclic) bond motifs is 4. The number of nitrogens with zero attached hydrogens (tertiary/aromatic N) is 2. The van der Waals surface area contributed by atoms with Gasteiger partial charge in [-0.05, 0) is 84.9 Å². The second-order valence-corrected chi connectivity index (χ2v) is 11.5. The molecule has 0 aliphatic heterocycles. The molecule has 210 valence electrons. The molecule has 0 atom stereocenters. The molecule has 0 amide bonds. The SMILES string of the molecule is c1ccc(-c2c3ccccc3c(-c3ccc(-c4nc5ccccc5n4-c4ccccc4)c4ccccc34)c3ccccc23)cc1. The van der Waals surface area contributed by atoms with Crippen LogP contribution < -0.4 is 0 Å². The Labute approximate surface area is 261 Å². The van der Waals surface area contributed by atoms with E-state index in [4.69, 9.17) is 4.98 Å².